The van der Waals surface area contributed by atoms with Crippen LogP contribution in [-0.4, -0.2) is 44.1 Å². The molecule has 4 rings (SSSR count). The van der Waals surface area contributed by atoms with E-state index in [-0.39, 0.29) is 30.2 Å². The van der Waals surface area contributed by atoms with E-state index in [1.165, 1.54) is 0 Å². The monoisotopic (exact) mass is 422 g/mol. The topological polar surface area (TPSA) is 68.8 Å². The fourth-order valence-electron chi connectivity index (χ4n) is 3.92. The van der Waals surface area contributed by atoms with Crippen molar-refractivity contribution in [3.8, 4) is 5.75 Å². The van der Waals surface area contributed by atoms with Gasteiger partial charge in [0.05, 0.1) is 32.0 Å². The number of fused-ring (bicyclic) bond motifs is 1. The van der Waals surface area contributed by atoms with Crippen LogP contribution in [0, 0.1) is 5.92 Å². The zero-order chi connectivity index (χ0) is 21.5. The van der Waals surface area contributed by atoms with Crippen LogP contribution in [0.1, 0.15) is 25.3 Å². The number of hydrogen-bond donors (Lipinski definition) is 2. The third-order valence-electron chi connectivity index (χ3n) is 5.62. The summed E-state index contributed by atoms with van der Waals surface area (Å²) in [4.78, 5) is 12.5. The Labute approximate surface area is 183 Å². The van der Waals surface area contributed by atoms with Crippen LogP contribution in [0.25, 0.3) is 6.08 Å². The lowest BCUT2D eigenvalue weighted by atomic mass is 9.99. The molecular formula is C25H30N2O4. The van der Waals surface area contributed by atoms with Gasteiger partial charge in [-0.3, -0.25) is 0 Å². The summed E-state index contributed by atoms with van der Waals surface area (Å²) < 4.78 is 17.6. The van der Waals surface area contributed by atoms with E-state index < -0.39 is 0 Å². The lowest BCUT2D eigenvalue weighted by Crippen LogP contribution is -2.45. The largest absolute Gasteiger partial charge is 0.494 e. The lowest BCUT2D eigenvalue weighted by Gasteiger charge is -2.18. The van der Waals surface area contributed by atoms with Gasteiger partial charge < -0.3 is 24.8 Å². The van der Waals surface area contributed by atoms with Gasteiger partial charge in [0.15, 0.2) is 0 Å². The highest BCUT2D eigenvalue weighted by atomic mass is 16.6. The van der Waals surface area contributed by atoms with Crippen LogP contribution >= 0.6 is 0 Å². The van der Waals surface area contributed by atoms with Crippen LogP contribution in [0.3, 0.4) is 0 Å². The summed E-state index contributed by atoms with van der Waals surface area (Å²) in [7, 11) is 0. The Morgan fingerprint density at radius 1 is 1.06 bits per heavy atom. The summed E-state index contributed by atoms with van der Waals surface area (Å²) in [6.45, 7) is 3.88. The van der Waals surface area contributed by atoms with Gasteiger partial charge in [0, 0.05) is 11.6 Å². The number of unbranched alkanes of at least 4 members (excludes halogenated alkanes) is 1. The summed E-state index contributed by atoms with van der Waals surface area (Å²) in [5.41, 5.74) is 1.87. The maximum atomic E-state index is 12.5. The molecule has 2 saturated heterocycles. The number of ether oxygens (including phenoxy) is 3. The van der Waals surface area contributed by atoms with Crippen molar-refractivity contribution in [2.24, 2.45) is 5.92 Å². The van der Waals surface area contributed by atoms with E-state index in [2.05, 4.69) is 41.8 Å². The third-order valence-corrected chi connectivity index (χ3v) is 5.62. The summed E-state index contributed by atoms with van der Waals surface area (Å²) in [5.74, 6) is 0.987. The van der Waals surface area contributed by atoms with Crippen LogP contribution in [0.2, 0.25) is 0 Å². The molecule has 2 aliphatic rings. The second-order valence-electron chi connectivity index (χ2n) is 7.96. The van der Waals surface area contributed by atoms with E-state index in [0.29, 0.717) is 25.5 Å². The van der Waals surface area contributed by atoms with Gasteiger partial charge in [0.25, 0.3) is 0 Å². The van der Waals surface area contributed by atoms with Crippen LogP contribution in [0.15, 0.2) is 60.7 Å². The highest BCUT2D eigenvalue weighted by Crippen LogP contribution is 2.32. The number of benzene rings is 2. The third kappa shape index (κ3) is 5.66. The van der Waals surface area contributed by atoms with E-state index in [9.17, 15) is 4.79 Å². The number of nitrogens with one attached hydrogen (secondary N) is 2. The highest BCUT2D eigenvalue weighted by molar-refractivity contribution is 5.89. The minimum atomic E-state index is -0.263. The number of anilines is 1. The molecule has 0 radical (unpaired) electrons. The molecule has 2 N–H and O–H groups in total. The molecule has 0 saturated carbocycles. The first-order valence-electron chi connectivity index (χ1n) is 11.0. The Bertz CT molecular complexity index is 869. The minimum Gasteiger partial charge on any atom is -0.494 e. The molecule has 2 aromatic carbocycles. The first-order valence-corrected chi connectivity index (χ1v) is 11.0. The molecule has 0 spiro atoms. The van der Waals surface area contributed by atoms with Crippen LogP contribution in [0.5, 0.6) is 5.75 Å². The van der Waals surface area contributed by atoms with Gasteiger partial charge in [-0.1, -0.05) is 55.8 Å². The summed E-state index contributed by atoms with van der Waals surface area (Å²) in [6, 6.07) is 17.2. The Morgan fingerprint density at radius 2 is 1.84 bits per heavy atom. The van der Waals surface area contributed by atoms with Crippen molar-refractivity contribution in [1.82, 2.24) is 5.32 Å². The van der Waals surface area contributed by atoms with Crippen molar-refractivity contribution in [3.05, 3.63) is 66.2 Å². The average Bonchev–Trinajstić information content (AvgIpc) is 3.37. The Morgan fingerprint density at radius 3 is 2.61 bits per heavy atom. The number of rotatable bonds is 8. The number of carbonyl (C=O) groups excluding carboxylic acids is 1. The molecule has 1 unspecified atom stereocenters. The van der Waals surface area contributed by atoms with Crippen LogP contribution < -0.4 is 15.4 Å². The maximum absolute atomic E-state index is 12.5. The molecule has 6 heteroatoms. The van der Waals surface area contributed by atoms with E-state index in [1.54, 1.807) is 0 Å². The molecule has 6 nitrogen and oxygen atoms in total. The first-order chi connectivity index (χ1) is 15.2. The first kappa shape index (κ1) is 21.4. The second kappa shape index (κ2) is 10.5. The Hall–Kier alpha value is -2.83. The van der Waals surface area contributed by atoms with E-state index in [1.807, 2.05) is 42.5 Å². The maximum Gasteiger partial charge on any atom is 0.319 e. The van der Waals surface area contributed by atoms with Crippen molar-refractivity contribution < 1.29 is 19.0 Å². The number of hydrogen-bond acceptors (Lipinski definition) is 4. The van der Waals surface area contributed by atoms with Crippen molar-refractivity contribution in [1.29, 1.82) is 0 Å². The zero-order valence-corrected chi connectivity index (χ0v) is 17.8. The van der Waals surface area contributed by atoms with E-state index in [0.717, 1.165) is 24.2 Å². The highest BCUT2D eigenvalue weighted by Gasteiger charge is 2.47. The standard InChI is InChI=1S/C25H30N2O4/c1-2-3-15-29-21-13-11-20(12-14-21)26-25(28)27-22-17-31-23-19(16-30-24(22)23)10-9-18-7-5-4-6-8-18/h4-14,19,22-24H,2-3,15-17H2,1H3,(H2,26,27,28)/t19-,22+,23?,24-/m1/s1. The van der Waals surface area contributed by atoms with Gasteiger partial charge in [-0.05, 0) is 36.2 Å². The Balaban J connectivity index is 1.26. The number of urea groups is 1. The number of carbonyl (C=O) groups is 1. The normalized spacial score (nSPS) is 24.8. The predicted octanol–water partition coefficient (Wildman–Crippen LogP) is 4.48. The zero-order valence-electron chi connectivity index (χ0n) is 17.8. The molecule has 0 aromatic heterocycles. The fourth-order valence-corrected chi connectivity index (χ4v) is 3.92. The molecule has 31 heavy (non-hydrogen) atoms. The summed E-state index contributed by atoms with van der Waals surface area (Å²) in [5, 5.41) is 5.86. The molecular weight excluding hydrogens is 392 g/mol. The van der Waals surface area contributed by atoms with Crippen LogP contribution in [0.4, 0.5) is 10.5 Å². The average molecular weight is 423 g/mol. The van der Waals surface area contributed by atoms with Crippen molar-refractivity contribution >= 4 is 17.8 Å². The predicted molar refractivity (Wildman–Crippen MR) is 121 cm³/mol. The van der Waals surface area contributed by atoms with Gasteiger partial charge in [-0.2, -0.15) is 0 Å². The molecule has 2 aromatic rings. The summed E-state index contributed by atoms with van der Waals surface area (Å²) >= 11 is 0. The quantitative estimate of drug-likeness (QED) is 0.616. The molecule has 2 heterocycles. The molecule has 4 atom stereocenters. The van der Waals surface area contributed by atoms with E-state index in [4.69, 9.17) is 14.2 Å². The van der Waals surface area contributed by atoms with E-state index >= 15 is 0 Å². The smallest absolute Gasteiger partial charge is 0.319 e. The molecule has 2 fully saturated rings. The van der Waals surface area contributed by atoms with Crippen LogP contribution in [-0.2, 0) is 9.47 Å². The van der Waals surface area contributed by atoms with Gasteiger partial charge in [0.2, 0.25) is 0 Å². The van der Waals surface area contributed by atoms with Gasteiger partial charge >= 0.3 is 6.03 Å². The summed E-state index contributed by atoms with van der Waals surface area (Å²) in [6.07, 6.45) is 6.20. The Kier molecular flexibility index (Phi) is 7.22. The van der Waals surface area contributed by atoms with Crippen molar-refractivity contribution in [2.45, 2.75) is 38.0 Å². The molecule has 0 bridgehead atoms. The SMILES string of the molecule is CCCCOc1ccc(NC(=O)N[C@H]2COC3[C@H](C=Cc4ccccc4)CO[C@@H]32)cc1. The van der Waals surface area contributed by atoms with Crippen molar-refractivity contribution in [2.75, 3.05) is 25.1 Å². The molecule has 0 aliphatic carbocycles. The van der Waals surface area contributed by atoms with Crippen molar-refractivity contribution in [3.63, 3.8) is 0 Å². The lowest BCUT2D eigenvalue weighted by molar-refractivity contribution is 0.0662. The van der Waals surface area contributed by atoms with Gasteiger partial charge in [-0.15, -0.1) is 0 Å². The molecule has 2 amide bonds. The second-order valence-corrected chi connectivity index (χ2v) is 7.96. The minimum absolute atomic E-state index is 0.0372. The fraction of sp³-hybridized carbons (Fsp3) is 0.400. The molecule has 164 valence electrons. The molecule has 2 aliphatic heterocycles. The van der Waals surface area contributed by atoms with Gasteiger partial charge in [-0.25, -0.2) is 4.79 Å². The number of amides is 2. The van der Waals surface area contributed by atoms with Gasteiger partial charge in [0.1, 0.15) is 11.9 Å².